The van der Waals surface area contributed by atoms with Crippen LogP contribution in [0.5, 0.6) is 0 Å². The largest absolute Gasteiger partial charge is 0.354 e. The van der Waals surface area contributed by atoms with Crippen LogP contribution in [0.3, 0.4) is 0 Å². The molecule has 0 radical (unpaired) electrons. The Labute approximate surface area is 150 Å². The third-order valence-corrected chi connectivity index (χ3v) is 5.34. The SMILES string of the molecule is CC(C)c1ccc(C(N)CNC(=O)C2(C)Cc3ccccc3C2)cc1. The van der Waals surface area contributed by atoms with Crippen molar-refractivity contribution in [1.29, 1.82) is 0 Å². The van der Waals surface area contributed by atoms with Crippen molar-refractivity contribution in [2.75, 3.05) is 6.54 Å². The van der Waals surface area contributed by atoms with Crippen LogP contribution in [-0.4, -0.2) is 12.5 Å². The molecule has 1 atom stereocenters. The van der Waals surface area contributed by atoms with E-state index in [1.807, 2.05) is 19.1 Å². The van der Waals surface area contributed by atoms with Gasteiger partial charge in [0.15, 0.2) is 0 Å². The van der Waals surface area contributed by atoms with Crippen LogP contribution < -0.4 is 11.1 Å². The van der Waals surface area contributed by atoms with Crippen LogP contribution in [0.4, 0.5) is 0 Å². The highest BCUT2D eigenvalue weighted by atomic mass is 16.2. The molecule has 0 saturated heterocycles. The summed E-state index contributed by atoms with van der Waals surface area (Å²) in [6, 6.07) is 16.5. The van der Waals surface area contributed by atoms with Gasteiger partial charge in [0.2, 0.25) is 5.91 Å². The van der Waals surface area contributed by atoms with E-state index in [0.29, 0.717) is 12.5 Å². The molecule has 1 aliphatic carbocycles. The first-order valence-corrected chi connectivity index (χ1v) is 9.09. The van der Waals surface area contributed by atoms with E-state index in [0.717, 1.165) is 18.4 Å². The zero-order valence-electron chi connectivity index (χ0n) is 15.4. The molecule has 0 bridgehead atoms. The average molecular weight is 336 g/mol. The number of nitrogens with one attached hydrogen (secondary N) is 1. The zero-order valence-corrected chi connectivity index (χ0v) is 15.4. The van der Waals surface area contributed by atoms with Crippen molar-refractivity contribution >= 4 is 5.91 Å². The van der Waals surface area contributed by atoms with Gasteiger partial charge in [-0.15, -0.1) is 0 Å². The molecular formula is C22H28N2O. The molecule has 1 unspecified atom stereocenters. The highest BCUT2D eigenvalue weighted by molar-refractivity contribution is 5.84. The highest BCUT2D eigenvalue weighted by Crippen LogP contribution is 2.36. The number of nitrogens with two attached hydrogens (primary N) is 1. The second-order valence-corrected chi connectivity index (χ2v) is 7.82. The molecule has 3 heteroatoms. The Morgan fingerprint density at radius 1 is 1.04 bits per heavy atom. The Morgan fingerprint density at radius 3 is 2.08 bits per heavy atom. The summed E-state index contributed by atoms with van der Waals surface area (Å²) in [6.07, 6.45) is 1.60. The van der Waals surface area contributed by atoms with Crippen LogP contribution in [0.2, 0.25) is 0 Å². The van der Waals surface area contributed by atoms with Gasteiger partial charge in [-0.05, 0) is 41.0 Å². The molecule has 25 heavy (non-hydrogen) atoms. The number of hydrogen-bond donors (Lipinski definition) is 2. The summed E-state index contributed by atoms with van der Waals surface area (Å²) < 4.78 is 0. The standard InChI is InChI=1S/C22H28N2O/c1-15(2)16-8-10-17(11-9-16)20(23)14-24-21(25)22(3)12-18-6-4-5-7-19(18)13-22/h4-11,15,20H,12-14,23H2,1-3H3,(H,24,25). The Balaban J connectivity index is 1.59. The molecule has 0 aromatic heterocycles. The summed E-state index contributed by atoms with van der Waals surface area (Å²) >= 11 is 0. The first-order chi connectivity index (χ1) is 11.9. The van der Waals surface area contributed by atoms with E-state index < -0.39 is 0 Å². The van der Waals surface area contributed by atoms with Crippen molar-refractivity contribution in [3.63, 3.8) is 0 Å². The summed E-state index contributed by atoms with van der Waals surface area (Å²) in [5.74, 6) is 0.604. The minimum absolute atomic E-state index is 0.0953. The lowest BCUT2D eigenvalue weighted by molar-refractivity contribution is -0.129. The molecule has 3 nitrogen and oxygen atoms in total. The van der Waals surface area contributed by atoms with Crippen molar-refractivity contribution in [1.82, 2.24) is 5.32 Å². The van der Waals surface area contributed by atoms with E-state index in [4.69, 9.17) is 5.73 Å². The first-order valence-electron chi connectivity index (χ1n) is 9.09. The van der Waals surface area contributed by atoms with E-state index in [9.17, 15) is 4.79 Å². The van der Waals surface area contributed by atoms with Gasteiger partial charge in [-0.3, -0.25) is 4.79 Å². The maximum Gasteiger partial charge on any atom is 0.226 e. The Hall–Kier alpha value is -2.13. The van der Waals surface area contributed by atoms with Crippen molar-refractivity contribution in [2.45, 2.75) is 45.6 Å². The molecule has 132 valence electrons. The maximum absolute atomic E-state index is 12.7. The Kier molecular flexibility index (Phi) is 4.96. The topological polar surface area (TPSA) is 55.1 Å². The number of amides is 1. The number of rotatable bonds is 5. The summed E-state index contributed by atoms with van der Waals surface area (Å²) in [5.41, 5.74) is 10.8. The third-order valence-electron chi connectivity index (χ3n) is 5.34. The molecule has 1 amide bonds. The van der Waals surface area contributed by atoms with Crippen LogP contribution in [0.25, 0.3) is 0 Å². The molecule has 1 aliphatic rings. The fourth-order valence-corrected chi connectivity index (χ4v) is 3.63. The predicted molar refractivity (Wildman–Crippen MR) is 102 cm³/mol. The van der Waals surface area contributed by atoms with Crippen LogP contribution in [0, 0.1) is 5.41 Å². The van der Waals surface area contributed by atoms with Crippen molar-refractivity contribution in [3.05, 3.63) is 70.8 Å². The minimum Gasteiger partial charge on any atom is -0.354 e. The number of fused-ring (bicyclic) bond motifs is 1. The molecule has 2 aromatic rings. The van der Waals surface area contributed by atoms with E-state index in [1.54, 1.807) is 0 Å². The van der Waals surface area contributed by atoms with Gasteiger partial charge in [0.25, 0.3) is 0 Å². The summed E-state index contributed by atoms with van der Waals surface area (Å²) in [4.78, 5) is 12.7. The molecule has 0 spiro atoms. The van der Waals surface area contributed by atoms with E-state index in [-0.39, 0.29) is 17.4 Å². The van der Waals surface area contributed by atoms with E-state index in [1.165, 1.54) is 16.7 Å². The maximum atomic E-state index is 12.7. The fourth-order valence-electron chi connectivity index (χ4n) is 3.63. The van der Waals surface area contributed by atoms with Crippen molar-refractivity contribution in [2.24, 2.45) is 11.1 Å². The first kappa shape index (κ1) is 17.7. The summed E-state index contributed by atoms with van der Waals surface area (Å²) in [7, 11) is 0. The van der Waals surface area contributed by atoms with Crippen molar-refractivity contribution < 1.29 is 4.79 Å². The molecule has 3 N–H and O–H groups in total. The van der Waals surface area contributed by atoms with Gasteiger partial charge in [-0.1, -0.05) is 69.3 Å². The molecule has 2 aromatic carbocycles. The zero-order chi connectivity index (χ0) is 18.0. The Morgan fingerprint density at radius 2 is 1.56 bits per heavy atom. The van der Waals surface area contributed by atoms with Crippen LogP contribution in [0.1, 0.15) is 55.0 Å². The molecular weight excluding hydrogens is 308 g/mol. The summed E-state index contributed by atoms with van der Waals surface area (Å²) in [6.45, 7) is 6.86. The molecule has 0 heterocycles. The molecule has 0 saturated carbocycles. The van der Waals surface area contributed by atoms with Crippen LogP contribution >= 0.6 is 0 Å². The van der Waals surface area contributed by atoms with Gasteiger partial charge in [-0.2, -0.15) is 0 Å². The van der Waals surface area contributed by atoms with Gasteiger partial charge in [0.1, 0.15) is 0 Å². The lowest BCUT2D eigenvalue weighted by Crippen LogP contribution is -2.42. The smallest absolute Gasteiger partial charge is 0.226 e. The van der Waals surface area contributed by atoms with Gasteiger partial charge in [0.05, 0.1) is 5.41 Å². The predicted octanol–water partition coefficient (Wildman–Crippen LogP) is 3.73. The number of hydrogen-bond acceptors (Lipinski definition) is 2. The van der Waals surface area contributed by atoms with Crippen molar-refractivity contribution in [3.8, 4) is 0 Å². The van der Waals surface area contributed by atoms with Gasteiger partial charge in [-0.25, -0.2) is 0 Å². The second kappa shape index (κ2) is 7.01. The van der Waals surface area contributed by atoms with E-state index >= 15 is 0 Å². The quantitative estimate of drug-likeness (QED) is 0.874. The lowest BCUT2D eigenvalue weighted by Gasteiger charge is -2.24. The van der Waals surface area contributed by atoms with Gasteiger partial charge in [0, 0.05) is 12.6 Å². The Bertz CT molecular complexity index is 724. The highest BCUT2D eigenvalue weighted by Gasteiger charge is 2.39. The number of benzene rings is 2. The third kappa shape index (κ3) is 3.77. The second-order valence-electron chi connectivity index (χ2n) is 7.82. The minimum atomic E-state index is -0.370. The molecule has 0 fully saturated rings. The lowest BCUT2D eigenvalue weighted by atomic mass is 9.86. The monoisotopic (exact) mass is 336 g/mol. The molecule has 3 rings (SSSR count). The van der Waals surface area contributed by atoms with Crippen LogP contribution in [-0.2, 0) is 17.6 Å². The van der Waals surface area contributed by atoms with Gasteiger partial charge < -0.3 is 11.1 Å². The summed E-state index contributed by atoms with van der Waals surface area (Å²) in [5, 5.41) is 3.07. The molecule has 0 aliphatic heterocycles. The average Bonchev–Trinajstić information content (AvgIpc) is 2.96. The number of carbonyl (C=O) groups excluding carboxylic acids is 1. The fraction of sp³-hybridized carbons (Fsp3) is 0.409. The number of carbonyl (C=O) groups is 1. The normalized spacial score (nSPS) is 16.5. The van der Waals surface area contributed by atoms with E-state index in [2.05, 4.69) is 55.6 Å². The van der Waals surface area contributed by atoms with Gasteiger partial charge >= 0.3 is 0 Å². The van der Waals surface area contributed by atoms with Crippen LogP contribution in [0.15, 0.2) is 48.5 Å².